The van der Waals surface area contributed by atoms with Gasteiger partial charge in [0.05, 0.1) is 35.0 Å². The van der Waals surface area contributed by atoms with Crippen molar-refractivity contribution in [2.24, 2.45) is 16.9 Å². The number of rotatable bonds is 9. The maximum atomic E-state index is 13.8. The minimum atomic E-state index is -3.67. The van der Waals surface area contributed by atoms with Crippen LogP contribution >= 0.6 is 11.3 Å². The molecule has 42 heavy (non-hydrogen) atoms. The normalized spacial score (nSPS) is 17.9. The number of aromatic nitrogens is 1. The summed E-state index contributed by atoms with van der Waals surface area (Å²) in [7, 11) is -2.08. The van der Waals surface area contributed by atoms with Crippen molar-refractivity contribution < 1.29 is 22.7 Å². The van der Waals surface area contributed by atoms with Gasteiger partial charge in [0.15, 0.2) is 0 Å². The number of hydrazone groups is 1. The second-order valence-electron chi connectivity index (χ2n) is 10.5. The molecule has 1 fully saturated rings. The van der Waals surface area contributed by atoms with Crippen molar-refractivity contribution in [2.75, 3.05) is 31.8 Å². The SMILES string of the molecule is CCOc1ccc(/C=N/N(C(=O)c2ccc(S(=O)(=O)N3CC(C)CC(C)C3)cc2)c2nc3ccc(OC)cc3s2)cc1. The third-order valence-electron chi connectivity index (χ3n) is 7.05. The van der Waals surface area contributed by atoms with Gasteiger partial charge in [-0.3, -0.25) is 4.79 Å². The Labute approximate surface area is 250 Å². The number of hydrogen-bond acceptors (Lipinski definition) is 8. The van der Waals surface area contributed by atoms with Gasteiger partial charge in [0.2, 0.25) is 15.2 Å². The number of amides is 1. The highest BCUT2D eigenvalue weighted by Crippen LogP contribution is 2.33. The van der Waals surface area contributed by atoms with Gasteiger partial charge in [0, 0.05) is 18.7 Å². The first kappa shape index (κ1) is 29.7. The van der Waals surface area contributed by atoms with Crippen LogP contribution < -0.4 is 14.5 Å². The molecule has 3 aromatic carbocycles. The molecule has 0 radical (unpaired) electrons. The number of ether oxygens (including phenoxy) is 2. The van der Waals surface area contributed by atoms with E-state index in [9.17, 15) is 13.2 Å². The molecule has 0 saturated carbocycles. The largest absolute Gasteiger partial charge is 0.497 e. The summed E-state index contributed by atoms with van der Waals surface area (Å²) in [4.78, 5) is 18.6. The number of sulfonamides is 1. The molecule has 11 heteroatoms. The number of fused-ring (bicyclic) bond motifs is 1. The zero-order valence-electron chi connectivity index (χ0n) is 24.1. The van der Waals surface area contributed by atoms with Crippen LogP contribution in [0, 0.1) is 11.8 Å². The van der Waals surface area contributed by atoms with E-state index < -0.39 is 15.9 Å². The Bertz CT molecular complexity index is 1670. The quantitative estimate of drug-likeness (QED) is 0.170. The summed E-state index contributed by atoms with van der Waals surface area (Å²) in [6, 6.07) is 18.9. The monoisotopic (exact) mass is 606 g/mol. The zero-order chi connectivity index (χ0) is 29.9. The number of methoxy groups -OCH3 is 1. The van der Waals surface area contributed by atoms with Crippen molar-refractivity contribution in [3.05, 3.63) is 77.9 Å². The predicted octanol–water partition coefficient (Wildman–Crippen LogP) is 6.05. The second-order valence-corrected chi connectivity index (χ2v) is 13.4. The van der Waals surface area contributed by atoms with Gasteiger partial charge < -0.3 is 9.47 Å². The number of hydrogen-bond donors (Lipinski definition) is 0. The number of carbonyl (C=O) groups is 1. The molecule has 9 nitrogen and oxygen atoms in total. The summed E-state index contributed by atoms with van der Waals surface area (Å²) < 4.78 is 40.0. The van der Waals surface area contributed by atoms with Crippen molar-refractivity contribution >= 4 is 48.8 Å². The first-order chi connectivity index (χ1) is 20.2. The topological polar surface area (TPSA) is 101 Å². The van der Waals surface area contributed by atoms with E-state index in [0.29, 0.717) is 47.9 Å². The lowest BCUT2D eigenvalue weighted by Gasteiger charge is -2.34. The first-order valence-electron chi connectivity index (χ1n) is 13.8. The summed E-state index contributed by atoms with van der Waals surface area (Å²) in [5.74, 6) is 1.57. The molecule has 1 aliphatic heterocycles. The van der Waals surface area contributed by atoms with Crippen LogP contribution in [0.2, 0.25) is 0 Å². The average Bonchev–Trinajstić information content (AvgIpc) is 3.40. The van der Waals surface area contributed by atoms with Crippen molar-refractivity contribution in [1.82, 2.24) is 9.29 Å². The molecule has 220 valence electrons. The molecule has 0 spiro atoms. The van der Waals surface area contributed by atoms with Crippen molar-refractivity contribution in [3.63, 3.8) is 0 Å². The number of anilines is 1. The molecule has 5 rings (SSSR count). The molecule has 0 N–H and O–H groups in total. The summed E-state index contributed by atoms with van der Waals surface area (Å²) in [6.07, 6.45) is 2.59. The van der Waals surface area contributed by atoms with Gasteiger partial charge in [0.1, 0.15) is 11.5 Å². The maximum Gasteiger partial charge on any atom is 0.280 e. The Morgan fingerprint density at radius 1 is 1.05 bits per heavy atom. The average molecular weight is 607 g/mol. The van der Waals surface area contributed by atoms with Gasteiger partial charge in [-0.25, -0.2) is 13.4 Å². The molecule has 0 bridgehead atoms. The Morgan fingerprint density at radius 3 is 2.36 bits per heavy atom. The Hall–Kier alpha value is -3.80. The first-order valence-corrected chi connectivity index (χ1v) is 16.1. The van der Waals surface area contributed by atoms with E-state index in [-0.39, 0.29) is 10.5 Å². The highest BCUT2D eigenvalue weighted by atomic mass is 32.2. The lowest BCUT2D eigenvalue weighted by Crippen LogP contribution is -2.42. The second kappa shape index (κ2) is 12.6. The van der Waals surface area contributed by atoms with Crippen LogP contribution in [0.4, 0.5) is 5.13 Å². The van der Waals surface area contributed by atoms with Crippen LogP contribution in [0.3, 0.4) is 0 Å². The van der Waals surface area contributed by atoms with E-state index >= 15 is 0 Å². The minimum absolute atomic E-state index is 0.164. The predicted molar refractivity (Wildman–Crippen MR) is 166 cm³/mol. The zero-order valence-corrected chi connectivity index (χ0v) is 25.7. The Kier molecular flexibility index (Phi) is 8.91. The summed E-state index contributed by atoms with van der Waals surface area (Å²) in [6.45, 7) is 7.60. The summed E-state index contributed by atoms with van der Waals surface area (Å²) in [5, 5.41) is 6.14. The molecule has 1 aromatic heterocycles. The van der Waals surface area contributed by atoms with Gasteiger partial charge in [0.25, 0.3) is 5.91 Å². The molecule has 2 heterocycles. The van der Waals surface area contributed by atoms with Gasteiger partial charge in [-0.05, 0) is 97.5 Å². The molecule has 1 saturated heterocycles. The van der Waals surface area contributed by atoms with Crippen LogP contribution in [0.15, 0.2) is 76.7 Å². The third kappa shape index (κ3) is 6.48. The van der Waals surface area contributed by atoms with E-state index in [4.69, 9.17) is 9.47 Å². The molecule has 2 atom stereocenters. The van der Waals surface area contributed by atoms with E-state index in [1.807, 2.05) is 49.4 Å². The molecule has 4 aromatic rings. The minimum Gasteiger partial charge on any atom is -0.497 e. The highest BCUT2D eigenvalue weighted by Gasteiger charge is 2.32. The van der Waals surface area contributed by atoms with E-state index in [1.54, 1.807) is 17.6 Å². The lowest BCUT2D eigenvalue weighted by molar-refractivity contribution is 0.0987. The van der Waals surface area contributed by atoms with Crippen LogP contribution in [-0.4, -0.2) is 56.6 Å². The molecule has 1 aliphatic rings. The van der Waals surface area contributed by atoms with Crippen LogP contribution in [0.25, 0.3) is 10.2 Å². The van der Waals surface area contributed by atoms with Crippen LogP contribution in [0.5, 0.6) is 11.5 Å². The Balaban J connectivity index is 1.45. The van der Waals surface area contributed by atoms with Crippen molar-refractivity contribution in [1.29, 1.82) is 0 Å². The molecule has 0 aliphatic carbocycles. The van der Waals surface area contributed by atoms with Gasteiger partial charge in [-0.15, -0.1) is 0 Å². The smallest absolute Gasteiger partial charge is 0.280 e. The maximum absolute atomic E-state index is 13.8. The number of nitrogens with zero attached hydrogens (tertiary/aromatic N) is 4. The lowest BCUT2D eigenvalue weighted by atomic mass is 9.94. The Morgan fingerprint density at radius 2 is 1.71 bits per heavy atom. The summed E-state index contributed by atoms with van der Waals surface area (Å²) >= 11 is 1.31. The standard InChI is InChI=1S/C31H34N4O5S2/c1-5-40-25-10-6-23(7-11-25)18-32-35(31-33-28-15-12-26(39-4)17-29(28)41-31)30(36)24-8-13-27(14-9-24)42(37,38)34-19-21(2)16-22(3)20-34/h6-15,17-18,21-22H,5,16,19-20H2,1-4H3/b32-18+. The number of piperidine rings is 1. The highest BCUT2D eigenvalue weighted by molar-refractivity contribution is 7.89. The molecule has 2 unspecified atom stereocenters. The number of thiazole rings is 1. The number of carbonyl (C=O) groups excluding carboxylic acids is 1. The summed E-state index contributed by atoms with van der Waals surface area (Å²) in [5.41, 5.74) is 1.76. The fourth-order valence-corrected chi connectivity index (χ4v) is 7.71. The van der Waals surface area contributed by atoms with Crippen LogP contribution in [0.1, 0.15) is 43.1 Å². The number of benzene rings is 3. The van der Waals surface area contributed by atoms with Gasteiger partial charge >= 0.3 is 0 Å². The van der Waals surface area contributed by atoms with Crippen molar-refractivity contribution in [3.8, 4) is 11.5 Å². The molecular weight excluding hydrogens is 572 g/mol. The van der Waals surface area contributed by atoms with E-state index in [2.05, 4.69) is 23.9 Å². The fraction of sp³-hybridized carbons (Fsp3) is 0.323. The van der Waals surface area contributed by atoms with E-state index in [0.717, 1.165) is 22.4 Å². The fourth-order valence-electron chi connectivity index (χ4n) is 5.08. The van der Waals surface area contributed by atoms with Gasteiger partial charge in [-0.2, -0.15) is 14.4 Å². The third-order valence-corrected chi connectivity index (χ3v) is 9.89. The molecule has 1 amide bonds. The van der Waals surface area contributed by atoms with Gasteiger partial charge in [-0.1, -0.05) is 25.2 Å². The van der Waals surface area contributed by atoms with E-state index in [1.165, 1.54) is 40.6 Å². The molecular formula is C31H34N4O5S2. The van der Waals surface area contributed by atoms with Crippen molar-refractivity contribution in [2.45, 2.75) is 32.1 Å². The van der Waals surface area contributed by atoms with Crippen LogP contribution in [-0.2, 0) is 10.0 Å².